The Morgan fingerprint density at radius 3 is 2.94 bits per heavy atom. The Kier molecular flexibility index (Phi) is 2.69. The van der Waals surface area contributed by atoms with Crippen molar-refractivity contribution in [1.82, 2.24) is 0 Å². The Hall–Kier alpha value is -1.61. The van der Waals surface area contributed by atoms with Gasteiger partial charge in [0.1, 0.15) is 5.75 Å². The van der Waals surface area contributed by atoms with Crippen molar-refractivity contribution in [2.24, 2.45) is 0 Å². The van der Waals surface area contributed by atoms with Gasteiger partial charge in [0.2, 0.25) is 0 Å². The summed E-state index contributed by atoms with van der Waals surface area (Å²) in [5, 5.41) is 2.86. The summed E-state index contributed by atoms with van der Waals surface area (Å²) in [7, 11) is 0. The third-order valence-electron chi connectivity index (χ3n) is 2.94. The Labute approximate surface area is 104 Å². The number of ether oxygens (including phenoxy) is 1. The van der Waals surface area contributed by atoms with Crippen molar-refractivity contribution < 1.29 is 9.53 Å². The minimum atomic E-state index is 0.258. The number of fused-ring (bicyclic) bond motifs is 1. The minimum absolute atomic E-state index is 0.258. The molecule has 1 aromatic carbocycles. The van der Waals surface area contributed by atoms with Gasteiger partial charge in [-0.1, -0.05) is 0 Å². The Morgan fingerprint density at radius 1 is 1.18 bits per heavy atom. The first-order valence-corrected chi connectivity index (χ1v) is 6.58. The van der Waals surface area contributed by atoms with E-state index in [2.05, 4.69) is 0 Å². The molecule has 0 aliphatic heterocycles. The zero-order valence-electron chi connectivity index (χ0n) is 9.31. The highest BCUT2D eigenvalue weighted by atomic mass is 32.1. The highest BCUT2D eigenvalue weighted by Gasteiger charge is 2.17. The molecule has 0 amide bonds. The van der Waals surface area contributed by atoms with Gasteiger partial charge in [0, 0.05) is 12.0 Å². The van der Waals surface area contributed by atoms with Crippen LogP contribution in [0.5, 0.6) is 10.8 Å². The molecule has 1 aromatic heterocycles. The van der Waals surface area contributed by atoms with Crippen LogP contribution >= 0.6 is 11.3 Å². The molecular formula is C14H12O2S. The lowest BCUT2D eigenvalue weighted by Gasteiger charge is -2.15. The van der Waals surface area contributed by atoms with Gasteiger partial charge < -0.3 is 4.74 Å². The number of rotatable bonds is 2. The second kappa shape index (κ2) is 4.34. The predicted octanol–water partition coefficient (Wildman–Crippen LogP) is 4.06. The highest BCUT2D eigenvalue weighted by Crippen LogP contribution is 2.30. The van der Waals surface area contributed by atoms with E-state index in [1.807, 2.05) is 35.7 Å². The van der Waals surface area contributed by atoms with E-state index in [9.17, 15) is 4.79 Å². The SMILES string of the molecule is O=C1CCCc2cc(Oc3cccs3)ccc21. The van der Waals surface area contributed by atoms with E-state index in [4.69, 9.17) is 4.74 Å². The van der Waals surface area contributed by atoms with Crippen molar-refractivity contribution in [3.8, 4) is 10.8 Å². The van der Waals surface area contributed by atoms with Crippen molar-refractivity contribution in [2.45, 2.75) is 19.3 Å². The van der Waals surface area contributed by atoms with Crippen LogP contribution in [0.1, 0.15) is 28.8 Å². The van der Waals surface area contributed by atoms with Crippen LogP contribution in [0, 0.1) is 0 Å². The molecule has 0 saturated carbocycles. The molecule has 1 heterocycles. The lowest BCUT2D eigenvalue weighted by atomic mass is 9.91. The average molecular weight is 244 g/mol. The quantitative estimate of drug-likeness (QED) is 0.796. The summed E-state index contributed by atoms with van der Waals surface area (Å²) < 4.78 is 5.73. The summed E-state index contributed by atoms with van der Waals surface area (Å²) in [4.78, 5) is 11.7. The standard InChI is InChI=1S/C14H12O2S/c15-13-4-1-3-10-9-11(6-7-12(10)13)16-14-5-2-8-17-14/h2,5-9H,1,3-4H2. The lowest BCUT2D eigenvalue weighted by molar-refractivity contribution is 0.0972. The van der Waals surface area contributed by atoms with Gasteiger partial charge in [-0.05, 0) is 54.1 Å². The van der Waals surface area contributed by atoms with Crippen molar-refractivity contribution >= 4 is 17.1 Å². The molecule has 2 aromatic rings. The van der Waals surface area contributed by atoms with E-state index >= 15 is 0 Å². The number of benzene rings is 1. The predicted molar refractivity (Wildman–Crippen MR) is 68.1 cm³/mol. The molecule has 2 nitrogen and oxygen atoms in total. The summed E-state index contributed by atoms with van der Waals surface area (Å²) >= 11 is 1.57. The first-order chi connectivity index (χ1) is 8.33. The topological polar surface area (TPSA) is 26.3 Å². The average Bonchev–Trinajstić information content (AvgIpc) is 2.82. The second-order valence-electron chi connectivity index (χ2n) is 4.13. The van der Waals surface area contributed by atoms with Gasteiger partial charge in [-0.3, -0.25) is 4.79 Å². The molecule has 17 heavy (non-hydrogen) atoms. The third-order valence-corrected chi connectivity index (χ3v) is 3.69. The van der Waals surface area contributed by atoms with Crippen LogP contribution in [-0.2, 0) is 6.42 Å². The van der Waals surface area contributed by atoms with Crippen LogP contribution in [0.3, 0.4) is 0 Å². The first kappa shape index (κ1) is 10.5. The van der Waals surface area contributed by atoms with E-state index in [-0.39, 0.29) is 5.78 Å². The van der Waals surface area contributed by atoms with Gasteiger partial charge in [0.05, 0.1) is 0 Å². The van der Waals surface area contributed by atoms with Gasteiger partial charge in [0.25, 0.3) is 0 Å². The minimum Gasteiger partial charge on any atom is -0.447 e. The summed E-state index contributed by atoms with van der Waals surface area (Å²) in [6, 6.07) is 9.66. The lowest BCUT2D eigenvalue weighted by Crippen LogP contribution is -2.10. The van der Waals surface area contributed by atoms with Gasteiger partial charge >= 0.3 is 0 Å². The molecular weight excluding hydrogens is 232 g/mol. The summed E-state index contributed by atoms with van der Waals surface area (Å²) in [5.41, 5.74) is 1.99. The Balaban J connectivity index is 1.90. The van der Waals surface area contributed by atoms with Gasteiger partial charge in [-0.15, -0.1) is 11.3 Å². The normalized spacial score (nSPS) is 14.5. The fourth-order valence-electron chi connectivity index (χ4n) is 2.12. The molecule has 3 heteroatoms. The molecule has 0 fully saturated rings. The molecule has 86 valence electrons. The van der Waals surface area contributed by atoms with Crippen molar-refractivity contribution in [2.75, 3.05) is 0 Å². The zero-order chi connectivity index (χ0) is 11.7. The third kappa shape index (κ3) is 2.11. The summed E-state index contributed by atoms with van der Waals surface area (Å²) in [5.74, 6) is 1.08. The number of carbonyl (C=O) groups is 1. The zero-order valence-corrected chi connectivity index (χ0v) is 10.1. The molecule has 0 bridgehead atoms. The maximum atomic E-state index is 11.7. The highest BCUT2D eigenvalue weighted by molar-refractivity contribution is 7.11. The molecule has 1 aliphatic carbocycles. The smallest absolute Gasteiger partial charge is 0.180 e. The van der Waals surface area contributed by atoms with Crippen molar-refractivity contribution in [1.29, 1.82) is 0 Å². The molecule has 0 N–H and O–H groups in total. The molecule has 1 aliphatic rings. The number of thiophene rings is 1. The first-order valence-electron chi connectivity index (χ1n) is 5.70. The van der Waals surface area contributed by atoms with Gasteiger partial charge in [-0.2, -0.15) is 0 Å². The van der Waals surface area contributed by atoms with Gasteiger partial charge in [0.15, 0.2) is 10.8 Å². The number of carbonyl (C=O) groups excluding carboxylic acids is 1. The van der Waals surface area contributed by atoms with E-state index < -0.39 is 0 Å². The van der Waals surface area contributed by atoms with E-state index in [1.54, 1.807) is 11.3 Å². The van der Waals surface area contributed by atoms with Crippen LogP contribution in [0.4, 0.5) is 0 Å². The molecule has 3 rings (SSSR count). The molecule has 0 spiro atoms. The van der Waals surface area contributed by atoms with Crippen LogP contribution in [0.25, 0.3) is 0 Å². The van der Waals surface area contributed by atoms with Crippen LogP contribution < -0.4 is 4.74 Å². The maximum Gasteiger partial charge on any atom is 0.180 e. The number of Topliss-reactive ketones (excluding diaryl/α,β-unsaturated/α-hetero) is 1. The molecule has 0 unspecified atom stereocenters. The van der Waals surface area contributed by atoms with Gasteiger partial charge in [-0.25, -0.2) is 0 Å². The van der Waals surface area contributed by atoms with E-state index in [0.717, 1.165) is 34.8 Å². The van der Waals surface area contributed by atoms with Crippen LogP contribution in [0.15, 0.2) is 35.7 Å². The van der Waals surface area contributed by atoms with E-state index in [0.29, 0.717) is 6.42 Å². The fraction of sp³-hybridized carbons (Fsp3) is 0.214. The molecule has 0 saturated heterocycles. The number of aryl methyl sites for hydroxylation is 1. The summed E-state index contributed by atoms with van der Waals surface area (Å²) in [6.45, 7) is 0. The molecule has 0 atom stereocenters. The number of hydrogen-bond donors (Lipinski definition) is 0. The Morgan fingerprint density at radius 2 is 2.12 bits per heavy atom. The number of hydrogen-bond acceptors (Lipinski definition) is 3. The van der Waals surface area contributed by atoms with Crippen molar-refractivity contribution in [3.05, 3.63) is 46.8 Å². The van der Waals surface area contributed by atoms with Crippen molar-refractivity contribution in [3.63, 3.8) is 0 Å². The van der Waals surface area contributed by atoms with Crippen LogP contribution in [0.2, 0.25) is 0 Å². The Bertz CT molecular complexity index is 543. The van der Waals surface area contributed by atoms with E-state index in [1.165, 1.54) is 0 Å². The maximum absolute atomic E-state index is 11.7. The number of ketones is 1. The monoisotopic (exact) mass is 244 g/mol. The second-order valence-corrected chi connectivity index (χ2v) is 5.04. The molecule has 0 radical (unpaired) electrons. The largest absolute Gasteiger partial charge is 0.447 e. The van der Waals surface area contributed by atoms with Crippen LogP contribution in [-0.4, -0.2) is 5.78 Å². The summed E-state index contributed by atoms with van der Waals surface area (Å²) in [6.07, 6.45) is 2.61. The fourth-order valence-corrected chi connectivity index (χ4v) is 2.72.